The van der Waals surface area contributed by atoms with Gasteiger partial charge in [0.05, 0.1) is 17.3 Å². The summed E-state index contributed by atoms with van der Waals surface area (Å²) in [6, 6.07) is 6.62. The van der Waals surface area contributed by atoms with Crippen LogP contribution in [0.25, 0.3) is 32.4 Å². The fraction of sp³-hybridized carbons (Fsp3) is 0.333. The molecule has 158 valence electrons. The summed E-state index contributed by atoms with van der Waals surface area (Å²) in [5.41, 5.74) is 4.11. The van der Waals surface area contributed by atoms with E-state index in [-0.39, 0.29) is 5.75 Å². The van der Waals surface area contributed by atoms with E-state index < -0.39 is 13.9 Å². The lowest BCUT2D eigenvalue weighted by atomic mass is 10.0. The molecule has 0 aliphatic rings. The molecular formula is C21H23ClFN3O2SSi. The number of hydrogen-bond acceptors (Lipinski definition) is 5. The SMILES string of the molecule is COc1c(-c2cn(COCC[Si](C)(C)C)c3nc(Cl)ccc23)cc2scnc2c1F. The molecule has 30 heavy (non-hydrogen) atoms. The molecule has 0 radical (unpaired) electrons. The first-order valence-corrected chi connectivity index (χ1v) is 14.6. The summed E-state index contributed by atoms with van der Waals surface area (Å²) in [5, 5.41) is 1.25. The summed E-state index contributed by atoms with van der Waals surface area (Å²) >= 11 is 7.56. The largest absolute Gasteiger partial charge is 0.493 e. The number of halogens is 2. The lowest BCUT2D eigenvalue weighted by Crippen LogP contribution is -2.22. The fourth-order valence-corrected chi connectivity index (χ4v) is 4.95. The highest BCUT2D eigenvalue weighted by Gasteiger charge is 2.21. The Hall–Kier alpha value is -2.00. The Bertz CT molecular complexity index is 1220. The van der Waals surface area contributed by atoms with E-state index in [9.17, 15) is 0 Å². The number of nitrogens with zero attached hydrogens (tertiary/aromatic N) is 3. The summed E-state index contributed by atoms with van der Waals surface area (Å²) < 4.78 is 29.1. The van der Waals surface area contributed by atoms with Gasteiger partial charge in [0, 0.05) is 37.4 Å². The van der Waals surface area contributed by atoms with Crippen molar-refractivity contribution in [3.05, 3.63) is 40.9 Å². The van der Waals surface area contributed by atoms with Crippen LogP contribution in [0.2, 0.25) is 30.8 Å². The van der Waals surface area contributed by atoms with E-state index in [1.54, 1.807) is 11.6 Å². The third kappa shape index (κ3) is 4.09. The number of rotatable bonds is 7. The fourth-order valence-electron chi connectivity index (χ4n) is 3.34. The Kier molecular flexibility index (Phi) is 5.85. The van der Waals surface area contributed by atoms with Crippen molar-refractivity contribution in [2.75, 3.05) is 13.7 Å². The van der Waals surface area contributed by atoms with Crippen molar-refractivity contribution >= 4 is 52.3 Å². The first-order chi connectivity index (χ1) is 14.3. The van der Waals surface area contributed by atoms with Crippen LogP contribution in [0.4, 0.5) is 4.39 Å². The van der Waals surface area contributed by atoms with Crippen LogP contribution in [0.1, 0.15) is 0 Å². The average molecular weight is 464 g/mol. The molecule has 1 aromatic carbocycles. The van der Waals surface area contributed by atoms with Crippen LogP contribution < -0.4 is 4.74 Å². The number of pyridine rings is 1. The van der Waals surface area contributed by atoms with E-state index in [1.165, 1.54) is 18.4 Å². The zero-order valence-corrected chi connectivity index (χ0v) is 19.9. The molecule has 0 spiro atoms. The lowest BCUT2D eigenvalue weighted by Gasteiger charge is -2.15. The number of aromatic nitrogens is 3. The Morgan fingerprint density at radius 2 is 2.03 bits per heavy atom. The van der Waals surface area contributed by atoms with Crippen LogP contribution in [-0.4, -0.2) is 36.3 Å². The van der Waals surface area contributed by atoms with E-state index >= 15 is 4.39 Å². The maximum atomic E-state index is 15.0. The van der Waals surface area contributed by atoms with Crippen molar-refractivity contribution in [2.45, 2.75) is 32.4 Å². The summed E-state index contributed by atoms with van der Waals surface area (Å²) in [6.07, 6.45) is 1.92. The molecular weight excluding hydrogens is 441 g/mol. The van der Waals surface area contributed by atoms with Gasteiger partial charge >= 0.3 is 0 Å². The van der Waals surface area contributed by atoms with Crippen molar-refractivity contribution in [3.63, 3.8) is 0 Å². The van der Waals surface area contributed by atoms with E-state index in [1.807, 2.05) is 22.9 Å². The molecule has 0 fully saturated rings. The zero-order valence-electron chi connectivity index (χ0n) is 17.3. The normalized spacial score (nSPS) is 12.2. The first kappa shape index (κ1) is 21.2. The standard InChI is InChI=1S/C21H23ClFN3O2SSi/c1-27-20-14(9-16-19(18(20)23)24-11-29-16)15-10-26(12-28-7-8-30(2,3)4)21-13(15)5-6-17(22)25-21/h5-6,9-11H,7-8,12H2,1-4H3. The maximum Gasteiger partial charge on any atom is 0.192 e. The second-order valence-electron chi connectivity index (χ2n) is 8.34. The van der Waals surface area contributed by atoms with Crippen LogP contribution in [0.15, 0.2) is 29.9 Å². The smallest absolute Gasteiger partial charge is 0.192 e. The van der Waals surface area contributed by atoms with Crippen molar-refractivity contribution < 1.29 is 13.9 Å². The predicted molar refractivity (Wildman–Crippen MR) is 124 cm³/mol. The van der Waals surface area contributed by atoms with Crippen molar-refractivity contribution in [3.8, 4) is 16.9 Å². The summed E-state index contributed by atoms with van der Waals surface area (Å²) in [6.45, 7) is 7.99. The Labute approximate surface area is 184 Å². The van der Waals surface area contributed by atoms with Crippen molar-refractivity contribution in [1.29, 1.82) is 0 Å². The van der Waals surface area contributed by atoms with Crippen LogP contribution in [0.3, 0.4) is 0 Å². The predicted octanol–water partition coefficient (Wildman–Crippen LogP) is 6.43. The molecule has 3 heterocycles. The Morgan fingerprint density at radius 1 is 1.23 bits per heavy atom. The average Bonchev–Trinajstić information content (AvgIpc) is 3.29. The molecule has 0 saturated heterocycles. The third-order valence-corrected chi connectivity index (χ3v) is 7.62. The number of hydrogen-bond donors (Lipinski definition) is 0. The molecule has 0 saturated carbocycles. The molecule has 0 unspecified atom stereocenters. The Balaban J connectivity index is 1.79. The summed E-state index contributed by atoms with van der Waals surface area (Å²) in [7, 11) is 0.289. The molecule has 4 rings (SSSR count). The van der Waals surface area contributed by atoms with Gasteiger partial charge in [0.2, 0.25) is 0 Å². The van der Waals surface area contributed by atoms with Gasteiger partial charge < -0.3 is 14.0 Å². The second-order valence-corrected chi connectivity index (χ2v) is 15.2. The van der Waals surface area contributed by atoms with E-state index in [2.05, 4.69) is 29.6 Å². The van der Waals surface area contributed by atoms with Crippen LogP contribution in [-0.2, 0) is 11.5 Å². The molecule has 3 aromatic heterocycles. The molecule has 0 aliphatic heterocycles. The van der Waals surface area contributed by atoms with Gasteiger partial charge in [-0.1, -0.05) is 31.2 Å². The topological polar surface area (TPSA) is 49.2 Å². The molecule has 0 bridgehead atoms. The quantitative estimate of drug-likeness (QED) is 0.180. The molecule has 4 aromatic rings. The Morgan fingerprint density at radius 3 is 2.77 bits per heavy atom. The van der Waals surface area contributed by atoms with E-state index in [0.29, 0.717) is 35.2 Å². The lowest BCUT2D eigenvalue weighted by molar-refractivity contribution is 0.0899. The number of thiazole rings is 1. The van der Waals surface area contributed by atoms with Gasteiger partial charge in [0.1, 0.15) is 23.0 Å². The molecule has 9 heteroatoms. The maximum absolute atomic E-state index is 15.0. The van der Waals surface area contributed by atoms with Gasteiger partial charge in [-0.3, -0.25) is 0 Å². The van der Waals surface area contributed by atoms with Crippen molar-refractivity contribution in [2.24, 2.45) is 0 Å². The third-order valence-electron chi connectivity index (χ3n) is 4.93. The van der Waals surface area contributed by atoms with Gasteiger partial charge in [0.15, 0.2) is 11.6 Å². The van der Waals surface area contributed by atoms with E-state index in [4.69, 9.17) is 21.1 Å². The number of fused-ring (bicyclic) bond motifs is 2. The van der Waals surface area contributed by atoms with Gasteiger partial charge in [-0.05, 0) is 24.2 Å². The zero-order chi connectivity index (χ0) is 21.5. The monoisotopic (exact) mass is 463 g/mol. The molecule has 5 nitrogen and oxygen atoms in total. The van der Waals surface area contributed by atoms with Crippen molar-refractivity contribution in [1.82, 2.24) is 14.5 Å². The highest BCUT2D eigenvalue weighted by atomic mass is 35.5. The van der Waals surface area contributed by atoms with E-state index in [0.717, 1.165) is 21.7 Å². The highest BCUT2D eigenvalue weighted by Crippen LogP contribution is 2.41. The number of benzene rings is 1. The van der Waals surface area contributed by atoms with Crippen LogP contribution in [0.5, 0.6) is 5.75 Å². The van der Waals surface area contributed by atoms with Gasteiger partial charge in [-0.25, -0.2) is 14.4 Å². The first-order valence-electron chi connectivity index (χ1n) is 9.61. The minimum Gasteiger partial charge on any atom is -0.493 e. The second kappa shape index (κ2) is 8.26. The van der Waals surface area contributed by atoms with Gasteiger partial charge in [-0.15, -0.1) is 11.3 Å². The van der Waals surface area contributed by atoms with Gasteiger partial charge in [0.25, 0.3) is 0 Å². The summed E-state index contributed by atoms with van der Waals surface area (Å²) in [4.78, 5) is 8.61. The minimum absolute atomic E-state index is 0.169. The molecule has 0 amide bonds. The molecule has 0 atom stereocenters. The molecule has 0 N–H and O–H groups in total. The van der Waals surface area contributed by atoms with Crippen LogP contribution in [0, 0.1) is 5.82 Å². The van der Waals surface area contributed by atoms with Gasteiger partial charge in [-0.2, -0.15) is 0 Å². The van der Waals surface area contributed by atoms with Crippen LogP contribution >= 0.6 is 22.9 Å². The minimum atomic E-state index is -1.18. The highest BCUT2D eigenvalue weighted by molar-refractivity contribution is 7.16. The number of methoxy groups -OCH3 is 1. The molecule has 0 aliphatic carbocycles. The summed E-state index contributed by atoms with van der Waals surface area (Å²) in [5.74, 6) is -0.289. The number of ether oxygens (including phenoxy) is 2.